The molecule has 1 aromatic heterocycles. The number of nitrogens with one attached hydrogen (secondary N) is 1. The van der Waals surface area contributed by atoms with Crippen molar-refractivity contribution in [2.24, 2.45) is 0 Å². The van der Waals surface area contributed by atoms with Crippen LogP contribution in [0.4, 0.5) is 23.0 Å². The van der Waals surface area contributed by atoms with Gasteiger partial charge in [0.1, 0.15) is 11.6 Å². The number of nitrogens with zero attached hydrogens (tertiary/aromatic N) is 2. The molecule has 2 rings (SSSR count). The lowest BCUT2D eigenvalue weighted by Gasteiger charge is -2.08. The highest BCUT2D eigenvalue weighted by Gasteiger charge is 2.15. The highest BCUT2D eigenvalue weighted by Crippen LogP contribution is 2.27. The molecule has 0 bridgehead atoms. The monoisotopic (exact) mass is 260 g/mol. The number of aromatic nitrogens is 1. The van der Waals surface area contributed by atoms with Crippen molar-refractivity contribution < 1.29 is 9.66 Å². The van der Waals surface area contributed by atoms with E-state index in [0.717, 1.165) is 0 Å². The van der Waals surface area contributed by atoms with Gasteiger partial charge in [-0.2, -0.15) is 0 Å². The number of hydrogen-bond acceptors (Lipinski definition) is 6. The summed E-state index contributed by atoms with van der Waals surface area (Å²) in [6.45, 7) is 0. The van der Waals surface area contributed by atoms with E-state index < -0.39 is 4.92 Å². The molecule has 3 N–H and O–H groups in total. The zero-order valence-electron chi connectivity index (χ0n) is 10.2. The standard InChI is InChI=1S/C12H12N4O3/c1-19-9-4-2-3-8(7-9)14-12-10(16(17)18)5-6-11(13)15-12/h2-7H,1H3,(H3,13,14,15). The predicted octanol–water partition coefficient (Wildman–Crippen LogP) is 2.32. The van der Waals surface area contributed by atoms with Crippen LogP contribution in [0, 0.1) is 10.1 Å². The highest BCUT2D eigenvalue weighted by atomic mass is 16.6. The van der Waals surface area contributed by atoms with Crippen LogP contribution >= 0.6 is 0 Å². The van der Waals surface area contributed by atoms with E-state index in [2.05, 4.69) is 10.3 Å². The lowest BCUT2D eigenvalue weighted by Crippen LogP contribution is -2.02. The van der Waals surface area contributed by atoms with E-state index in [4.69, 9.17) is 10.5 Å². The van der Waals surface area contributed by atoms with Crippen LogP contribution in [0.15, 0.2) is 36.4 Å². The number of rotatable bonds is 4. The summed E-state index contributed by atoms with van der Waals surface area (Å²) in [5.74, 6) is 0.936. The number of ether oxygens (including phenoxy) is 1. The Morgan fingerprint density at radius 2 is 2.16 bits per heavy atom. The fourth-order valence-electron chi connectivity index (χ4n) is 1.54. The van der Waals surface area contributed by atoms with Gasteiger partial charge in [0.05, 0.1) is 12.0 Å². The molecule has 0 aliphatic rings. The third-order valence-electron chi connectivity index (χ3n) is 2.42. The molecule has 98 valence electrons. The van der Waals surface area contributed by atoms with E-state index in [1.54, 1.807) is 31.4 Å². The molecule has 0 saturated heterocycles. The van der Waals surface area contributed by atoms with Gasteiger partial charge in [0.2, 0.25) is 5.82 Å². The summed E-state index contributed by atoms with van der Waals surface area (Å²) in [6.07, 6.45) is 0. The molecule has 0 spiro atoms. The second-order valence-electron chi connectivity index (χ2n) is 3.72. The SMILES string of the molecule is COc1cccc(Nc2nc(N)ccc2[N+](=O)[O-])c1. The average molecular weight is 260 g/mol. The third kappa shape index (κ3) is 2.89. The predicted molar refractivity (Wildman–Crippen MR) is 71.6 cm³/mol. The molecular weight excluding hydrogens is 248 g/mol. The van der Waals surface area contributed by atoms with Gasteiger partial charge in [0.15, 0.2) is 0 Å². The maximum atomic E-state index is 10.9. The van der Waals surface area contributed by atoms with Crippen molar-refractivity contribution in [2.45, 2.75) is 0 Å². The molecule has 1 heterocycles. The zero-order chi connectivity index (χ0) is 13.8. The highest BCUT2D eigenvalue weighted by molar-refractivity contribution is 5.67. The molecule has 0 amide bonds. The quantitative estimate of drug-likeness (QED) is 0.645. The van der Waals surface area contributed by atoms with E-state index >= 15 is 0 Å². The zero-order valence-corrected chi connectivity index (χ0v) is 10.2. The Bertz CT molecular complexity index is 616. The molecule has 0 radical (unpaired) electrons. The van der Waals surface area contributed by atoms with E-state index in [1.807, 2.05) is 0 Å². The van der Waals surface area contributed by atoms with E-state index in [1.165, 1.54) is 12.1 Å². The van der Waals surface area contributed by atoms with Crippen molar-refractivity contribution in [3.63, 3.8) is 0 Å². The molecule has 7 heteroatoms. The summed E-state index contributed by atoms with van der Waals surface area (Å²) in [5.41, 5.74) is 6.02. The second-order valence-corrected chi connectivity index (χ2v) is 3.72. The lowest BCUT2D eigenvalue weighted by molar-refractivity contribution is -0.384. The number of benzene rings is 1. The van der Waals surface area contributed by atoms with Crippen LogP contribution in [0.25, 0.3) is 0 Å². The molecule has 1 aromatic carbocycles. The number of nitro groups is 1. The summed E-state index contributed by atoms with van der Waals surface area (Å²) in [4.78, 5) is 14.3. The first-order valence-corrected chi connectivity index (χ1v) is 5.42. The van der Waals surface area contributed by atoms with Gasteiger partial charge in [-0.1, -0.05) is 6.07 Å². The average Bonchev–Trinajstić information content (AvgIpc) is 2.38. The topological polar surface area (TPSA) is 103 Å². The number of methoxy groups -OCH3 is 1. The van der Waals surface area contributed by atoms with E-state index in [-0.39, 0.29) is 17.3 Å². The van der Waals surface area contributed by atoms with Gasteiger partial charge in [0.25, 0.3) is 0 Å². The molecule has 2 aromatic rings. The molecule has 0 unspecified atom stereocenters. The molecule has 0 aliphatic heterocycles. The van der Waals surface area contributed by atoms with Crippen molar-refractivity contribution in [3.05, 3.63) is 46.5 Å². The first kappa shape index (κ1) is 12.6. The number of nitrogen functional groups attached to an aromatic ring is 1. The van der Waals surface area contributed by atoms with Crippen LogP contribution in [-0.2, 0) is 0 Å². The van der Waals surface area contributed by atoms with Gasteiger partial charge in [-0.25, -0.2) is 4.98 Å². The third-order valence-corrected chi connectivity index (χ3v) is 2.42. The van der Waals surface area contributed by atoms with Crippen LogP contribution in [0.3, 0.4) is 0 Å². The Kier molecular flexibility index (Phi) is 3.46. The van der Waals surface area contributed by atoms with Gasteiger partial charge < -0.3 is 15.8 Å². The van der Waals surface area contributed by atoms with Gasteiger partial charge >= 0.3 is 5.69 Å². The van der Waals surface area contributed by atoms with E-state index in [0.29, 0.717) is 11.4 Å². The van der Waals surface area contributed by atoms with Crippen LogP contribution in [0.5, 0.6) is 5.75 Å². The second kappa shape index (κ2) is 5.21. The maximum absolute atomic E-state index is 10.9. The minimum Gasteiger partial charge on any atom is -0.497 e. The van der Waals surface area contributed by atoms with Gasteiger partial charge in [-0.3, -0.25) is 10.1 Å². The minimum atomic E-state index is -0.519. The Morgan fingerprint density at radius 1 is 1.37 bits per heavy atom. The smallest absolute Gasteiger partial charge is 0.311 e. The molecule has 0 atom stereocenters. The van der Waals surface area contributed by atoms with E-state index in [9.17, 15) is 10.1 Å². The molecule has 0 saturated carbocycles. The van der Waals surface area contributed by atoms with Crippen molar-refractivity contribution in [1.82, 2.24) is 4.98 Å². The number of hydrogen-bond donors (Lipinski definition) is 2. The summed E-state index contributed by atoms with van der Waals surface area (Å²) < 4.78 is 5.07. The first-order chi connectivity index (χ1) is 9.10. The van der Waals surface area contributed by atoms with Crippen molar-refractivity contribution in [2.75, 3.05) is 18.2 Å². The van der Waals surface area contributed by atoms with Crippen molar-refractivity contribution in [1.29, 1.82) is 0 Å². The molecule has 0 aliphatic carbocycles. The Labute approximate surface area is 109 Å². The lowest BCUT2D eigenvalue weighted by atomic mass is 10.3. The summed E-state index contributed by atoms with van der Waals surface area (Å²) in [6, 6.07) is 9.68. The fourth-order valence-corrected chi connectivity index (χ4v) is 1.54. The Hall–Kier alpha value is -2.83. The first-order valence-electron chi connectivity index (χ1n) is 5.42. The molecule has 19 heavy (non-hydrogen) atoms. The number of pyridine rings is 1. The van der Waals surface area contributed by atoms with Crippen LogP contribution < -0.4 is 15.8 Å². The summed E-state index contributed by atoms with van der Waals surface area (Å²) in [5, 5.41) is 13.8. The van der Waals surface area contributed by atoms with Crippen molar-refractivity contribution in [3.8, 4) is 5.75 Å². The summed E-state index contributed by atoms with van der Waals surface area (Å²) >= 11 is 0. The summed E-state index contributed by atoms with van der Waals surface area (Å²) in [7, 11) is 1.54. The minimum absolute atomic E-state index is 0.0956. The normalized spacial score (nSPS) is 9.95. The molecule has 0 fully saturated rings. The van der Waals surface area contributed by atoms with Crippen molar-refractivity contribution >= 4 is 23.0 Å². The number of anilines is 3. The van der Waals surface area contributed by atoms with Gasteiger partial charge in [0, 0.05) is 17.8 Å². The maximum Gasteiger partial charge on any atom is 0.311 e. The molecule has 7 nitrogen and oxygen atoms in total. The van der Waals surface area contributed by atoms with Crippen LogP contribution in [0.1, 0.15) is 0 Å². The largest absolute Gasteiger partial charge is 0.497 e. The van der Waals surface area contributed by atoms with Crippen LogP contribution in [-0.4, -0.2) is 17.0 Å². The number of nitrogens with two attached hydrogens (primary N) is 1. The fraction of sp³-hybridized carbons (Fsp3) is 0.0833. The van der Waals surface area contributed by atoms with Gasteiger partial charge in [-0.15, -0.1) is 0 Å². The van der Waals surface area contributed by atoms with Crippen LogP contribution in [0.2, 0.25) is 0 Å². The Morgan fingerprint density at radius 3 is 2.84 bits per heavy atom. The van der Waals surface area contributed by atoms with Gasteiger partial charge in [-0.05, 0) is 18.2 Å². The molecular formula is C12H12N4O3. The Balaban J connectivity index is 2.36.